The lowest BCUT2D eigenvalue weighted by atomic mass is 10.1. The molecule has 8 heteroatoms. The first-order valence-corrected chi connectivity index (χ1v) is 5.58. The number of nitrogens with two attached hydrogens (primary N) is 1. The molecular formula is C10H14F3N5. The van der Waals surface area contributed by atoms with Crippen LogP contribution in [0.3, 0.4) is 0 Å². The second-order valence-corrected chi connectivity index (χ2v) is 4.59. The first kappa shape index (κ1) is 12.7. The molecule has 0 aromatic carbocycles. The number of alkyl halides is 3. The molecule has 0 bridgehead atoms. The van der Waals surface area contributed by atoms with Gasteiger partial charge < -0.3 is 5.73 Å². The molecule has 0 fully saturated rings. The predicted octanol–water partition coefficient (Wildman–Crippen LogP) is 2.41. The molecule has 0 amide bonds. The van der Waals surface area contributed by atoms with Crippen LogP contribution in [0.1, 0.15) is 26.0 Å². The van der Waals surface area contributed by atoms with Gasteiger partial charge in [-0.05, 0) is 12.3 Å². The number of hydrogen-bond acceptors (Lipinski definition) is 3. The molecule has 18 heavy (non-hydrogen) atoms. The average Bonchev–Trinajstić information content (AvgIpc) is 2.76. The largest absolute Gasteiger partial charge is 0.435 e. The normalized spacial score (nSPS) is 12.8. The topological polar surface area (TPSA) is 72.5 Å². The second kappa shape index (κ2) is 4.18. The Balaban J connectivity index is 2.49. The number of aromatic amines is 1. The zero-order valence-corrected chi connectivity index (χ0v) is 10.0. The number of rotatable bonds is 3. The number of nitrogens with one attached hydrogen (secondary N) is 1. The number of anilines is 1. The Kier molecular flexibility index (Phi) is 2.95. The Labute approximate surface area is 101 Å². The van der Waals surface area contributed by atoms with Crippen LogP contribution in [0.4, 0.5) is 19.0 Å². The fourth-order valence-corrected chi connectivity index (χ4v) is 1.72. The van der Waals surface area contributed by atoms with E-state index in [2.05, 4.69) is 15.3 Å². The molecule has 0 aliphatic carbocycles. The van der Waals surface area contributed by atoms with Crippen molar-refractivity contribution in [3.8, 4) is 0 Å². The van der Waals surface area contributed by atoms with E-state index < -0.39 is 11.9 Å². The zero-order valence-electron chi connectivity index (χ0n) is 10.0. The molecule has 0 spiro atoms. The SMILES string of the molecule is CC(C)CCn1nc(C(F)(F)F)c2c(N)[nH]nc21. The summed E-state index contributed by atoms with van der Waals surface area (Å²) in [4.78, 5) is 0. The molecule has 0 saturated carbocycles. The summed E-state index contributed by atoms with van der Waals surface area (Å²) in [6, 6.07) is 0. The molecule has 2 aromatic heterocycles. The highest BCUT2D eigenvalue weighted by Crippen LogP contribution is 2.35. The summed E-state index contributed by atoms with van der Waals surface area (Å²) in [5.74, 6) is 0.267. The van der Waals surface area contributed by atoms with Gasteiger partial charge >= 0.3 is 6.18 Å². The highest BCUT2D eigenvalue weighted by Gasteiger charge is 2.38. The predicted molar refractivity (Wildman–Crippen MR) is 60.7 cm³/mol. The third-order valence-electron chi connectivity index (χ3n) is 2.66. The molecule has 0 radical (unpaired) electrons. The highest BCUT2D eigenvalue weighted by molar-refractivity contribution is 5.89. The quantitative estimate of drug-likeness (QED) is 0.891. The summed E-state index contributed by atoms with van der Waals surface area (Å²) >= 11 is 0. The van der Waals surface area contributed by atoms with Crippen LogP contribution >= 0.6 is 0 Å². The molecule has 0 aliphatic heterocycles. The number of aryl methyl sites for hydroxylation is 1. The Morgan fingerprint density at radius 1 is 1.39 bits per heavy atom. The number of nitrogens with zero attached hydrogens (tertiary/aromatic N) is 3. The second-order valence-electron chi connectivity index (χ2n) is 4.59. The van der Waals surface area contributed by atoms with E-state index in [9.17, 15) is 13.2 Å². The van der Waals surface area contributed by atoms with Gasteiger partial charge in [0.25, 0.3) is 0 Å². The molecule has 0 aliphatic rings. The lowest BCUT2D eigenvalue weighted by molar-refractivity contribution is -0.140. The first-order chi connectivity index (χ1) is 8.30. The van der Waals surface area contributed by atoms with Crippen LogP contribution in [0.25, 0.3) is 11.0 Å². The Hall–Kier alpha value is -1.73. The van der Waals surface area contributed by atoms with Crippen LogP contribution in [0.15, 0.2) is 0 Å². The van der Waals surface area contributed by atoms with Crippen molar-refractivity contribution in [2.75, 3.05) is 5.73 Å². The van der Waals surface area contributed by atoms with E-state index >= 15 is 0 Å². The van der Waals surface area contributed by atoms with Gasteiger partial charge in [0, 0.05) is 6.54 Å². The third kappa shape index (κ3) is 2.14. The van der Waals surface area contributed by atoms with Crippen molar-refractivity contribution < 1.29 is 13.2 Å². The van der Waals surface area contributed by atoms with Gasteiger partial charge in [0.2, 0.25) is 0 Å². The average molecular weight is 261 g/mol. The summed E-state index contributed by atoms with van der Waals surface area (Å²) in [5.41, 5.74) is 4.65. The minimum absolute atomic E-state index is 0.104. The van der Waals surface area contributed by atoms with Gasteiger partial charge in [-0.15, -0.1) is 0 Å². The van der Waals surface area contributed by atoms with Crippen molar-refractivity contribution in [2.24, 2.45) is 5.92 Å². The van der Waals surface area contributed by atoms with Crippen molar-refractivity contribution in [1.29, 1.82) is 0 Å². The summed E-state index contributed by atoms with van der Waals surface area (Å²) in [6.45, 7) is 4.36. The van der Waals surface area contributed by atoms with Crippen molar-refractivity contribution in [2.45, 2.75) is 33.0 Å². The minimum atomic E-state index is -4.53. The number of hydrogen-bond donors (Lipinski definition) is 2. The lowest BCUT2D eigenvalue weighted by Crippen LogP contribution is -2.10. The number of aromatic nitrogens is 4. The van der Waals surface area contributed by atoms with Crippen molar-refractivity contribution in [3.05, 3.63) is 5.69 Å². The molecule has 2 rings (SSSR count). The highest BCUT2D eigenvalue weighted by atomic mass is 19.4. The summed E-state index contributed by atoms with van der Waals surface area (Å²) in [5, 5.41) is 9.58. The third-order valence-corrected chi connectivity index (χ3v) is 2.66. The van der Waals surface area contributed by atoms with Gasteiger partial charge in [-0.1, -0.05) is 13.8 Å². The number of H-pyrrole nitrogens is 1. The molecule has 2 aromatic rings. The van der Waals surface area contributed by atoms with Gasteiger partial charge in [-0.2, -0.15) is 23.4 Å². The van der Waals surface area contributed by atoms with E-state index in [-0.39, 0.29) is 16.9 Å². The van der Waals surface area contributed by atoms with Crippen LogP contribution in [-0.4, -0.2) is 20.0 Å². The van der Waals surface area contributed by atoms with Crippen LogP contribution in [0.2, 0.25) is 0 Å². The Bertz CT molecular complexity index is 552. The van der Waals surface area contributed by atoms with E-state index in [1.807, 2.05) is 13.8 Å². The molecule has 2 heterocycles. The Morgan fingerprint density at radius 3 is 2.61 bits per heavy atom. The fourth-order valence-electron chi connectivity index (χ4n) is 1.72. The number of halogens is 3. The van der Waals surface area contributed by atoms with E-state index in [4.69, 9.17) is 5.73 Å². The van der Waals surface area contributed by atoms with Crippen molar-refractivity contribution in [1.82, 2.24) is 20.0 Å². The van der Waals surface area contributed by atoms with E-state index in [0.29, 0.717) is 12.5 Å². The van der Waals surface area contributed by atoms with Gasteiger partial charge in [0.15, 0.2) is 11.3 Å². The number of fused-ring (bicyclic) bond motifs is 1. The zero-order chi connectivity index (χ0) is 13.5. The molecule has 0 saturated heterocycles. The lowest BCUT2D eigenvalue weighted by Gasteiger charge is -2.05. The van der Waals surface area contributed by atoms with Crippen LogP contribution < -0.4 is 5.73 Å². The molecule has 0 atom stereocenters. The van der Waals surface area contributed by atoms with Crippen LogP contribution in [-0.2, 0) is 12.7 Å². The first-order valence-electron chi connectivity index (χ1n) is 5.58. The summed E-state index contributed by atoms with van der Waals surface area (Å²) < 4.78 is 39.7. The van der Waals surface area contributed by atoms with Crippen molar-refractivity contribution >= 4 is 16.9 Å². The fraction of sp³-hybridized carbons (Fsp3) is 0.600. The maximum absolute atomic E-state index is 12.8. The van der Waals surface area contributed by atoms with E-state index in [1.165, 1.54) is 4.68 Å². The van der Waals surface area contributed by atoms with E-state index in [0.717, 1.165) is 6.42 Å². The molecular weight excluding hydrogens is 247 g/mol. The van der Waals surface area contributed by atoms with Crippen molar-refractivity contribution in [3.63, 3.8) is 0 Å². The monoisotopic (exact) mass is 261 g/mol. The standard InChI is InChI=1S/C10H14F3N5/c1-5(2)3-4-18-9-6(8(14)15-16-9)7(17-18)10(11,12)13/h5H,3-4H2,1-2H3,(H3,14,15,16). The van der Waals surface area contributed by atoms with Gasteiger partial charge in [0.1, 0.15) is 5.82 Å². The van der Waals surface area contributed by atoms with Crippen LogP contribution in [0.5, 0.6) is 0 Å². The van der Waals surface area contributed by atoms with Gasteiger partial charge in [-0.25, -0.2) is 4.68 Å². The van der Waals surface area contributed by atoms with E-state index in [1.54, 1.807) is 0 Å². The van der Waals surface area contributed by atoms with Gasteiger partial charge in [0.05, 0.1) is 5.39 Å². The maximum atomic E-state index is 12.8. The molecule has 3 N–H and O–H groups in total. The summed E-state index contributed by atoms with van der Waals surface area (Å²) in [6.07, 6.45) is -3.81. The van der Waals surface area contributed by atoms with Crippen LogP contribution in [0, 0.1) is 5.92 Å². The summed E-state index contributed by atoms with van der Waals surface area (Å²) in [7, 11) is 0. The molecule has 5 nitrogen and oxygen atoms in total. The minimum Gasteiger partial charge on any atom is -0.383 e. The van der Waals surface area contributed by atoms with Gasteiger partial charge in [-0.3, -0.25) is 5.10 Å². The Morgan fingerprint density at radius 2 is 2.06 bits per heavy atom. The molecule has 100 valence electrons. The smallest absolute Gasteiger partial charge is 0.383 e. The maximum Gasteiger partial charge on any atom is 0.435 e. The number of nitrogen functional groups attached to an aromatic ring is 1. The molecule has 0 unspecified atom stereocenters.